The van der Waals surface area contributed by atoms with Gasteiger partial charge in [-0.3, -0.25) is 4.79 Å². The molecule has 0 aromatic rings. The summed E-state index contributed by atoms with van der Waals surface area (Å²) in [6, 6.07) is 0. The third-order valence-corrected chi connectivity index (χ3v) is 3.40. The molecule has 0 spiro atoms. The molecule has 3 nitrogen and oxygen atoms in total. The highest BCUT2D eigenvalue weighted by molar-refractivity contribution is 5.74. The molecule has 0 fully saturated rings. The molecule has 3 N–H and O–H groups in total. The number of nitrogens with two attached hydrogens (primary N) is 1. The molecule has 0 aliphatic carbocycles. The van der Waals surface area contributed by atoms with E-state index in [0.29, 0.717) is 0 Å². The largest absolute Gasteiger partial charge is 0.481 e. The zero-order valence-electron chi connectivity index (χ0n) is 11.8. The molecular formula is C13H29NO2. The molecule has 98 valence electrons. The number of hydrogen-bond donors (Lipinski definition) is 2. The molecule has 0 saturated carbocycles. The molecule has 0 aliphatic rings. The molecule has 0 heterocycles. The number of aliphatic carboxylic acids is 1. The van der Waals surface area contributed by atoms with Gasteiger partial charge in [0.1, 0.15) is 0 Å². The predicted molar refractivity (Wildman–Crippen MR) is 69.5 cm³/mol. The van der Waals surface area contributed by atoms with Crippen molar-refractivity contribution in [2.24, 2.45) is 11.1 Å². The van der Waals surface area contributed by atoms with E-state index < -0.39 is 11.4 Å². The number of carbonyl (C=O) groups is 1. The molecule has 0 radical (unpaired) electrons. The van der Waals surface area contributed by atoms with Crippen LogP contribution in [0.25, 0.3) is 0 Å². The molecule has 0 atom stereocenters. The van der Waals surface area contributed by atoms with Gasteiger partial charge in [0, 0.05) is 5.54 Å². The second-order valence-corrected chi connectivity index (χ2v) is 4.99. The van der Waals surface area contributed by atoms with Gasteiger partial charge in [0.2, 0.25) is 0 Å². The van der Waals surface area contributed by atoms with E-state index in [1.807, 2.05) is 34.6 Å². The van der Waals surface area contributed by atoms with E-state index in [-0.39, 0.29) is 5.54 Å². The predicted octanol–water partition coefficient (Wildman–Crippen LogP) is 3.42. The summed E-state index contributed by atoms with van der Waals surface area (Å²) in [5.74, 6) is -0.653. The van der Waals surface area contributed by atoms with E-state index in [1.165, 1.54) is 0 Å². The van der Waals surface area contributed by atoms with Crippen LogP contribution < -0.4 is 5.73 Å². The van der Waals surface area contributed by atoms with Crippen LogP contribution in [0.4, 0.5) is 0 Å². The topological polar surface area (TPSA) is 63.3 Å². The van der Waals surface area contributed by atoms with Crippen molar-refractivity contribution in [2.45, 2.75) is 72.8 Å². The van der Waals surface area contributed by atoms with Crippen molar-refractivity contribution in [1.82, 2.24) is 0 Å². The fourth-order valence-electron chi connectivity index (χ4n) is 1.20. The second kappa shape index (κ2) is 7.66. The Kier molecular flexibility index (Phi) is 8.53. The van der Waals surface area contributed by atoms with E-state index in [1.54, 1.807) is 0 Å². The van der Waals surface area contributed by atoms with Crippen LogP contribution in [0.2, 0.25) is 0 Å². The number of carboxylic acid groups (broad SMARTS) is 1. The van der Waals surface area contributed by atoms with Gasteiger partial charge in [-0.1, -0.05) is 27.7 Å². The molecule has 0 aromatic carbocycles. The molecule has 0 rings (SSSR count). The summed E-state index contributed by atoms with van der Waals surface area (Å²) < 4.78 is 0. The summed E-state index contributed by atoms with van der Waals surface area (Å²) in [7, 11) is 0. The number of rotatable bonds is 5. The minimum atomic E-state index is -0.653. The molecular weight excluding hydrogens is 202 g/mol. The van der Waals surface area contributed by atoms with E-state index >= 15 is 0 Å². The lowest BCUT2D eigenvalue weighted by atomic mass is 9.80. The van der Waals surface area contributed by atoms with Gasteiger partial charge >= 0.3 is 5.97 Å². The molecule has 0 saturated heterocycles. The molecule has 0 aromatic heterocycles. The van der Waals surface area contributed by atoms with Crippen molar-refractivity contribution < 1.29 is 9.90 Å². The Bertz CT molecular complexity index is 182. The number of hydrogen-bond acceptors (Lipinski definition) is 2. The highest BCUT2D eigenvalue weighted by Crippen LogP contribution is 2.30. The van der Waals surface area contributed by atoms with Crippen molar-refractivity contribution in [3.63, 3.8) is 0 Å². The molecule has 0 aliphatic heterocycles. The maximum Gasteiger partial charge on any atom is 0.309 e. The van der Waals surface area contributed by atoms with Gasteiger partial charge in [0.05, 0.1) is 5.41 Å². The van der Waals surface area contributed by atoms with Crippen molar-refractivity contribution in [3.05, 3.63) is 0 Å². The van der Waals surface area contributed by atoms with Crippen molar-refractivity contribution in [1.29, 1.82) is 0 Å². The van der Waals surface area contributed by atoms with Crippen LogP contribution in [0, 0.1) is 5.41 Å². The fraction of sp³-hybridized carbons (Fsp3) is 0.923. The molecule has 16 heavy (non-hydrogen) atoms. The molecule has 0 unspecified atom stereocenters. The van der Waals surface area contributed by atoms with Crippen molar-refractivity contribution >= 4 is 5.97 Å². The monoisotopic (exact) mass is 231 g/mol. The summed E-state index contributed by atoms with van der Waals surface area (Å²) in [5, 5.41) is 8.82. The van der Waals surface area contributed by atoms with E-state index in [2.05, 4.69) is 6.92 Å². The van der Waals surface area contributed by atoms with Crippen molar-refractivity contribution in [3.8, 4) is 0 Å². The lowest BCUT2D eigenvalue weighted by molar-refractivity contribution is -0.149. The van der Waals surface area contributed by atoms with Crippen LogP contribution in [0.1, 0.15) is 67.2 Å². The average molecular weight is 231 g/mol. The third kappa shape index (κ3) is 6.83. The Labute approximate surface area is 100 Å². The van der Waals surface area contributed by atoms with Gasteiger partial charge in [-0.2, -0.15) is 0 Å². The summed E-state index contributed by atoms with van der Waals surface area (Å²) in [6.45, 7) is 11.9. The molecule has 0 amide bonds. The highest BCUT2D eigenvalue weighted by Gasteiger charge is 2.32. The zero-order chi connectivity index (χ0) is 13.4. The van der Waals surface area contributed by atoms with Gasteiger partial charge in [-0.05, 0) is 39.5 Å². The van der Waals surface area contributed by atoms with Gasteiger partial charge in [0.15, 0.2) is 0 Å². The first-order valence-electron chi connectivity index (χ1n) is 6.21. The first-order valence-corrected chi connectivity index (χ1v) is 6.21. The van der Waals surface area contributed by atoms with Crippen LogP contribution in [0.15, 0.2) is 0 Å². The second-order valence-electron chi connectivity index (χ2n) is 4.99. The lowest BCUT2D eigenvalue weighted by Gasteiger charge is -2.24. The minimum absolute atomic E-state index is 0.0417. The quantitative estimate of drug-likeness (QED) is 0.762. The standard InChI is InChI=1S/C8H16O2.C5H13N/c1-4-8(5-2,6-3)7(9)10;1-4-5(2,3)6/h4-6H2,1-3H3,(H,9,10);4,6H2,1-3H3. The van der Waals surface area contributed by atoms with E-state index in [9.17, 15) is 4.79 Å². The minimum Gasteiger partial charge on any atom is -0.481 e. The van der Waals surface area contributed by atoms with Crippen LogP contribution in [-0.2, 0) is 4.79 Å². The smallest absolute Gasteiger partial charge is 0.309 e. The van der Waals surface area contributed by atoms with Crippen LogP contribution >= 0.6 is 0 Å². The lowest BCUT2D eigenvalue weighted by Crippen LogP contribution is -2.30. The van der Waals surface area contributed by atoms with Crippen LogP contribution in [-0.4, -0.2) is 16.6 Å². The Morgan fingerprint density at radius 1 is 1.00 bits per heavy atom. The Balaban J connectivity index is 0. The summed E-state index contributed by atoms with van der Waals surface area (Å²) in [4.78, 5) is 10.7. The highest BCUT2D eigenvalue weighted by atomic mass is 16.4. The first-order chi connectivity index (χ1) is 7.19. The fourth-order valence-corrected chi connectivity index (χ4v) is 1.20. The Morgan fingerprint density at radius 2 is 1.25 bits per heavy atom. The summed E-state index contributed by atoms with van der Waals surface area (Å²) >= 11 is 0. The summed E-state index contributed by atoms with van der Waals surface area (Å²) in [5.41, 5.74) is 5.12. The Hall–Kier alpha value is -0.570. The van der Waals surface area contributed by atoms with Gasteiger partial charge in [-0.25, -0.2) is 0 Å². The average Bonchev–Trinajstić information content (AvgIpc) is 2.21. The van der Waals surface area contributed by atoms with E-state index in [4.69, 9.17) is 10.8 Å². The summed E-state index contributed by atoms with van der Waals surface area (Å²) in [6.07, 6.45) is 3.24. The molecule has 0 bridgehead atoms. The Morgan fingerprint density at radius 3 is 1.25 bits per heavy atom. The van der Waals surface area contributed by atoms with E-state index in [0.717, 1.165) is 25.7 Å². The maximum atomic E-state index is 10.7. The van der Waals surface area contributed by atoms with Crippen LogP contribution in [0.5, 0.6) is 0 Å². The normalized spacial score (nSPS) is 11.7. The maximum absolute atomic E-state index is 10.7. The van der Waals surface area contributed by atoms with Gasteiger partial charge < -0.3 is 10.8 Å². The van der Waals surface area contributed by atoms with Crippen molar-refractivity contribution in [2.75, 3.05) is 0 Å². The first kappa shape index (κ1) is 17.8. The zero-order valence-corrected chi connectivity index (χ0v) is 11.8. The van der Waals surface area contributed by atoms with Crippen LogP contribution in [0.3, 0.4) is 0 Å². The third-order valence-electron chi connectivity index (χ3n) is 3.40. The van der Waals surface area contributed by atoms with Gasteiger partial charge in [-0.15, -0.1) is 0 Å². The number of carboxylic acids is 1. The van der Waals surface area contributed by atoms with Gasteiger partial charge in [0.25, 0.3) is 0 Å². The molecule has 3 heteroatoms. The SMILES string of the molecule is CCC(C)(C)N.CCC(CC)(CC)C(=O)O.